The van der Waals surface area contributed by atoms with E-state index in [1.807, 2.05) is 0 Å². The first-order valence-electron chi connectivity index (χ1n) is 11.1. The molecule has 2 saturated heterocycles. The first kappa shape index (κ1) is 20.2. The van der Waals surface area contributed by atoms with Gasteiger partial charge in [-0.05, 0) is 68.6 Å². The highest BCUT2D eigenvalue weighted by molar-refractivity contribution is 5.53. The van der Waals surface area contributed by atoms with Gasteiger partial charge in [-0.15, -0.1) is 0 Å². The van der Waals surface area contributed by atoms with Crippen LogP contribution in [0, 0.1) is 6.92 Å². The summed E-state index contributed by atoms with van der Waals surface area (Å²) >= 11 is 0. The van der Waals surface area contributed by atoms with Crippen LogP contribution >= 0.6 is 0 Å². The molecule has 0 amide bonds. The number of benzene rings is 2. The summed E-state index contributed by atoms with van der Waals surface area (Å²) in [4.78, 5) is 7.72. The maximum absolute atomic E-state index is 5.65. The minimum Gasteiger partial charge on any atom is -0.496 e. The molecule has 0 aliphatic carbocycles. The van der Waals surface area contributed by atoms with Crippen LogP contribution in [-0.4, -0.2) is 56.2 Å². The Balaban J connectivity index is 1.40. The molecule has 0 spiro atoms. The van der Waals surface area contributed by atoms with Crippen molar-refractivity contribution in [1.82, 2.24) is 9.80 Å². The molecule has 2 aromatic carbocycles. The molecule has 0 radical (unpaired) electrons. The van der Waals surface area contributed by atoms with Crippen LogP contribution in [0.15, 0.2) is 42.5 Å². The van der Waals surface area contributed by atoms with Crippen molar-refractivity contribution in [2.45, 2.75) is 39.3 Å². The Hall–Kier alpha value is -2.04. The van der Waals surface area contributed by atoms with E-state index < -0.39 is 0 Å². The van der Waals surface area contributed by atoms with E-state index in [0.29, 0.717) is 0 Å². The smallest absolute Gasteiger partial charge is 0.123 e. The summed E-state index contributed by atoms with van der Waals surface area (Å²) in [5.74, 6) is 1.03. The average molecular weight is 394 g/mol. The highest BCUT2D eigenvalue weighted by Gasteiger charge is 2.18. The summed E-state index contributed by atoms with van der Waals surface area (Å²) < 4.78 is 5.65. The van der Waals surface area contributed by atoms with E-state index >= 15 is 0 Å². The summed E-state index contributed by atoms with van der Waals surface area (Å²) in [5, 5.41) is 0. The minimum absolute atomic E-state index is 1.01. The Morgan fingerprint density at radius 3 is 2.34 bits per heavy atom. The number of likely N-dealkylation sites (tertiary alicyclic amines) is 1. The van der Waals surface area contributed by atoms with E-state index in [9.17, 15) is 0 Å². The Labute approximate surface area is 176 Å². The largest absolute Gasteiger partial charge is 0.496 e. The molecule has 0 saturated carbocycles. The third kappa shape index (κ3) is 5.12. The number of methoxy groups -OCH3 is 1. The molecule has 2 aliphatic heterocycles. The second-order valence-corrected chi connectivity index (χ2v) is 8.53. The molecule has 0 atom stereocenters. The summed E-state index contributed by atoms with van der Waals surface area (Å²) in [7, 11) is 1.79. The second kappa shape index (κ2) is 9.64. The van der Waals surface area contributed by atoms with Gasteiger partial charge in [0.1, 0.15) is 5.75 Å². The molecule has 0 aromatic heterocycles. The van der Waals surface area contributed by atoms with Crippen LogP contribution in [0.1, 0.15) is 36.0 Å². The summed E-state index contributed by atoms with van der Waals surface area (Å²) in [5.41, 5.74) is 5.52. The van der Waals surface area contributed by atoms with E-state index in [0.717, 1.165) is 45.0 Å². The fourth-order valence-electron chi connectivity index (χ4n) is 4.78. The van der Waals surface area contributed by atoms with Crippen LogP contribution < -0.4 is 9.64 Å². The molecule has 2 fully saturated rings. The molecule has 2 heterocycles. The number of aryl methyl sites for hydroxylation is 1. The van der Waals surface area contributed by atoms with Crippen molar-refractivity contribution in [2.75, 3.05) is 51.3 Å². The van der Waals surface area contributed by atoms with Crippen molar-refractivity contribution in [3.05, 3.63) is 59.2 Å². The highest BCUT2D eigenvalue weighted by atomic mass is 16.5. The lowest BCUT2D eigenvalue weighted by atomic mass is 10.1. The fraction of sp³-hybridized carbons (Fsp3) is 0.520. The van der Waals surface area contributed by atoms with Crippen molar-refractivity contribution in [1.29, 1.82) is 0 Å². The maximum atomic E-state index is 5.65. The molecular formula is C25H35N3O. The number of anilines is 1. The lowest BCUT2D eigenvalue weighted by molar-refractivity contribution is 0.284. The van der Waals surface area contributed by atoms with Gasteiger partial charge in [0, 0.05) is 50.5 Å². The van der Waals surface area contributed by atoms with Gasteiger partial charge in [0.2, 0.25) is 0 Å². The summed E-state index contributed by atoms with van der Waals surface area (Å²) in [6.07, 6.45) is 3.87. The number of ether oxygens (including phenoxy) is 1. The zero-order chi connectivity index (χ0) is 20.1. The van der Waals surface area contributed by atoms with Crippen LogP contribution in [0.3, 0.4) is 0 Å². The standard InChI is InChI=1S/C25H35N3O/c1-21-8-3-4-9-24(21)28-15-7-14-27(16-17-28)19-22-10-11-25(29-2)23(18-22)20-26-12-5-6-13-26/h3-4,8-11,18H,5-7,12-17,19-20H2,1-2H3. The molecule has 2 aliphatic rings. The van der Waals surface area contributed by atoms with Crippen LogP contribution in [0.25, 0.3) is 0 Å². The number of hydrogen-bond donors (Lipinski definition) is 0. The van der Waals surface area contributed by atoms with E-state index in [2.05, 4.69) is 64.1 Å². The number of hydrogen-bond acceptors (Lipinski definition) is 4. The average Bonchev–Trinajstić information content (AvgIpc) is 3.13. The quantitative estimate of drug-likeness (QED) is 0.728. The van der Waals surface area contributed by atoms with E-state index in [1.54, 1.807) is 7.11 Å². The molecular weight excluding hydrogens is 358 g/mol. The van der Waals surface area contributed by atoms with E-state index in [4.69, 9.17) is 4.74 Å². The second-order valence-electron chi connectivity index (χ2n) is 8.53. The topological polar surface area (TPSA) is 19.0 Å². The highest BCUT2D eigenvalue weighted by Crippen LogP contribution is 2.25. The van der Waals surface area contributed by atoms with Crippen molar-refractivity contribution < 1.29 is 4.74 Å². The lowest BCUT2D eigenvalue weighted by Crippen LogP contribution is -2.30. The maximum Gasteiger partial charge on any atom is 0.123 e. The monoisotopic (exact) mass is 393 g/mol. The van der Waals surface area contributed by atoms with Gasteiger partial charge in [-0.1, -0.05) is 24.3 Å². The van der Waals surface area contributed by atoms with Crippen molar-refractivity contribution in [2.24, 2.45) is 0 Å². The minimum atomic E-state index is 1.01. The molecule has 29 heavy (non-hydrogen) atoms. The molecule has 0 unspecified atom stereocenters. The van der Waals surface area contributed by atoms with Crippen LogP contribution in [0.5, 0.6) is 5.75 Å². The molecule has 156 valence electrons. The van der Waals surface area contributed by atoms with Crippen molar-refractivity contribution >= 4 is 5.69 Å². The van der Waals surface area contributed by atoms with E-state index in [1.165, 1.54) is 54.7 Å². The van der Waals surface area contributed by atoms with Gasteiger partial charge in [0.25, 0.3) is 0 Å². The first-order chi connectivity index (χ1) is 14.2. The SMILES string of the molecule is COc1ccc(CN2CCCN(c3ccccc3C)CC2)cc1CN1CCCC1. The predicted octanol–water partition coefficient (Wildman–Crippen LogP) is 4.31. The van der Waals surface area contributed by atoms with Crippen LogP contribution in [-0.2, 0) is 13.1 Å². The van der Waals surface area contributed by atoms with E-state index in [-0.39, 0.29) is 0 Å². The predicted molar refractivity (Wildman–Crippen MR) is 121 cm³/mol. The third-order valence-electron chi connectivity index (χ3n) is 6.39. The number of nitrogens with zero attached hydrogens (tertiary/aromatic N) is 3. The van der Waals surface area contributed by atoms with Crippen molar-refractivity contribution in [3.8, 4) is 5.75 Å². The molecule has 4 heteroatoms. The van der Waals surface area contributed by atoms with Gasteiger partial charge < -0.3 is 9.64 Å². The molecule has 4 nitrogen and oxygen atoms in total. The Kier molecular flexibility index (Phi) is 6.73. The lowest BCUT2D eigenvalue weighted by Gasteiger charge is -2.25. The first-order valence-corrected chi connectivity index (χ1v) is 11.1. The molecule has 0 N–H and O–H groups in total. The summed E-state index contributed by atoms with van der Waals surface area (Å²) in [6, 6.07) is 15.6. The Bertz CT molecular complexity index is 800. The van der Waals surface area contributed by atoms with Gasteiger partial charge in [0.15, 0.2) is 0 Å². The third-order valence-corrected chi connectivity index (χ3v) is 6.39. The zero-order valence-corrected chi connectivity index (χ0v) is 18.1. The van der Waals surface area contributed by atoms with Gasteiger partial charge in [-0.25, -0.2) is 0 Å². The number of rotatable bonds is 6. The van der Waals surface area contributed by atoms with Gasteiger partial charge in [-0.3, -0.25) is 9.80 Å². The van der Waals surface area contributed by atoms with Gasteiger partial charge in [-0.2, -0.15) is 0 Å². The summed E-state index contributed by atoms with van der Waals surface area (Å²) in [6.45, 7) is 11.2. The van der Waals surface area contributed by atoms with Crippen LogP contribution in [0.4, 0.5) is 5.69 Å². The molecule has 4 rings (SSSR count). The molecule has 0 bridgehead atoms. The normalized spacial score (nSPS) is 18.8. The number of para-hydroxylation sites is 1. The molecule has 2 aromatic rings. The fourth-order valence-corrected chi connectivity index (χ4v) is 4.78. The van der Waals surface area contributed by atoms with Crippen LogP contribution in [0.2, 0.25) is 0 Å². The zero-order valence-electron chi connectivity index (χ0n) is 18.1. The van der Waals surface area contributed by atoms with Gasteiger partial charge >= 0.3 is 0 Å². The Morgan fingerprint density at radius 1 is 0.793 bits per heavy atom. The van der Waals surface area contributed by atoms with Crippen molar-refractivity contribution in [3.63, 3.8) is 0 Å². The Morgan fingerprint density at radius 2 is 1.55 bits per heavy atom. The van der Waals surface area contributed by atoms with Gasteiger partial charge in [0.05, 0.1) is 7.11 Å².